The third kappa shape index (κ3) is 8.68. The summed E-state index contributed by atoms with van der Waals surface area (Å²) in [6, 6.07) is 27.2. The van der Waals surface area contributed by atoms with Gasteiger partial charge < -0.3 is 15.0 Å². The van der Waals surface area contributed by atoms with Gasteiger partial charge in [0.05, 0.1) is 22.7 Å². The summed E-state index contributed by atoms with van der Waals surface area (Å²) in [5.74, 6) is -0.497. The third-order valence-corrected chi connectivity index (χ3v) is 9.69. The van der Waals surface area contributed by atoms with Gasteiger partial charge in [-0.25, -0.2) is 8.42 Å². The van der Waals surface area contributed by atoms with Gasteiger partial charge in [0.1, 0.15) is 18.3 Å². The number of nitrogens with one attached hydrogen (secondary N) is 1. The Morgan fingerprint density at radius 2 is 1.50 bits per heavy atom. The van der Waals surface area contributed by atoms with Crippen molar-refractivity contribution in [2.75, 3.05) is 24.5 Å². The third-order valence-electron chi connectivity index (χ3n) is 7.61. The standard InChI is InChI=1S/C36H40ClN3O5S/c1-5-21-38-36(42)33(22-28-9-7-6-8-10-28)39(24-29-15-11-26(2)12-16-29)35(41)25-40(30-17-20-34(45-4)32(37)23-30)46(43,44)31-18-13-27(3)14-19-31/h6-20,23,33H,5,21-22,24-25H2,1-4H3,(H,38,42)/t33-/m0/s1. The van der Waals surface area contributed by atoms with Gasteiger partial charge in [0.2, 0.25) is 11.8 Å². The van der Waals surface area contributed by atoms with Crippen LogP contribution in [0.2, 0.25) is 5.02 Å². The van der Waals surface area contributed by atoms with Crippen molar-refractivity contribution in [1.29, 1.82) is 0 Å². The molecule has 4 rings (SSSR count). The minimum atomic E-state index is -4.25. The summed E-state index contributed by atoms with van der Waals surface area (Å²) in [6.45, 7) is 5.75. The molecule has 4 aromatic carbocycles. The SMILES string of the molecule is CCCNC(=O)[C@H](Cc1ccccc1)N(Cc1ccc(C)cc1)C(=O)CN(c1ccc(OC)c(Cl)c1)S(=O)(=O)c1ccc(C)cc1. The van der Waals surface area contributed by atoms with E-state index in [1.54, 1.807) is 24.3 Å². The van der Waals surface area contributed by atoms with Crippen LogP contribution in [0.3, 0.4) is 0 Å². The number of rotatable bonds is 14. The predicted octanol–water partition coefficient (Wildman–Crippen LogP) is 6.33. The highest BCUT2D eigenvalue weighted by molar-refractivity contribution is 7.92. The zero-order chi connectivity index (χ0) is 33.3. The van der Waals surface area contributed by atoms with Crippen LogP contribution >= 0.6 is 11.6 Å². The quantitative estimate of drug-likeness (QED) is 0.171. The van der Waals surface area contributed by atoms with Gasteiger partial charge in [-0.3, -0.25) is 13.9 Å². The maximum absolute atomic E-state index is 14.5. The van der Waals surface area contributed by atoms with E-state index in [1.807, 2.05) is 75.4 Å². The molecule has 1 atom stereocenters. The molecule has 0 saturated carbocycles. The number of halogens is 1. The normalized spacial score (nSPS) is 11.8. The van der Waals surface area contributed by atoms with Gasteiger partial charge in [0.25, 0.3) is 10.0 Å². The molecule has 0 aliphatic rings. The van der Waals surface area contributed by atoms with Crippen molar-refractivity contribution in [3.05, 3.63) is 124 Å². The zero-order valence-electron chi connectivity index (χ0n) is 26.6. The molecule has 1 N–H and O–H groups in total. The smallest absolute Gasteiger partial charge is 0.264 e. The molecule has 8 nitrogen and oxygen atoms in total. The van der Waals surface area contributed by atoms with Crippen LogP contribution in [-0.4, -0.2) is 51.4 Å². The molecule has 0 aliphatic heterocycles. The lowest BCUT2D eigenvalue weighted by molar-refractivity contribution is -0.140. The maximum atomic E-state index is 14.5. The van der Waals surface area contributed by atoms with Crippen molar-refractivity contribution in [2.24, 2.45) is 0 Å². The highest BCUT2D eigenvalue weighted by atomic mass is 35.5. The highest BCUT2D eigenvalue weighted by Crippen LogP contribution is 2.32. The Morgan fingerprint density at radius 3 is 2.09 bits per heavy atom. The molecule has 10 heteroatoms. The van der Waals surface area contributed by atoms with E-state index < -0.39 is 28.5 Å². The maximum Gasteiger partial charge on any atom is 0.264 e. The molecular formula is C36H40ClN3O5S. The molecule has 0 heterocycles. The number of ether oxygens (including phenoxy) is 1. The number of anilines is 1. The van der Waals surface area contributed by atoms with E-state index in [2.05, 4.69) is 5.32 Å². The van der Waals surface area contributed by atoms with E-state index in [1.165, 1.54) is 30.2 Å². The van der Waals surface area contributed by atoms with Crippen LogP contribution in [0, 0.1) is 13.8 Å². The summed E-state index contributed by atoms with van der Waals surface area (Å²) in [6.07, 6.45) is 0.962. The minimum absolute atomic E-state index is 0.0180. The predicted molar refractivity (Wildman–Crippen MR) is 183 cm³/mol. The lowest BCUT2D eigenvalue weighted by Crippen LogP contribution is -2.53. The Bertz CT molecular complexity index is 1730. The van der Waals surface area contributed by atoms with Crippen LogP contribution in [0.15, 0.2) is 102 Å². The fourth-order valence-corrected chi connectivity index (χ4v) is 6.64. The number of benzene rings is 4. The van der Waals surface area contributed by atoms with Crippen LogP contribution in [0.1, 0.15) is 35.6 Å². The minimum Gasteiger partial charge on any atom is -0.495 e. The van der Waals surface area contributed by atoms with Crippen molar-refractivity contribution in [2.45, 2.75) is 51.1 Å². The van der Waals surface area contributed by atoms with Crippen LogP contribution in [-0.2, 0) is 32.6 Å². The Balaban J connectivity index is 1.81. The average molecular weight is 662 g/mol. The topological polar surface area (TPSA) is 96.0 Å². The molecule has 0 aromatic heterocycles. The molecule has 0 radical (unpaired) electrons. The number of carbonyl (C=O) groups is 2. The molecule has 0 bridgehead atoms. The number of nitrogens with zero attached hydrogens (tertiary/aromatic N) is 2. The summed E-state index contributed by atoms with van der Waals surface area (Å²) in [5.41, 5.74) is 3.80. The van der Waals surface area contributed by atoms with E-state index in [0.29, 0.717) is 12.3 Å². The summed E-state index contributed by atoms with van der Waals surface area (Å²) >= 11 is 6.45. The summed E-state index contributed by atoms with van der Waals surface area (Å²) in [5, 5.41) is 3.14. The van der Waals surface area contributed by atoms with Crippen molar-refractivity contribution in [3.63, 3.8) is 0 Å². The number of methoxy groups -OCH3 is 1. The van der Waals surface area contributed by atoms with Crippen LogP contribution in [0.4, 0.5) is 5.69 Å². The number of amides is 2. The molecule has 242 valence electrons. The van der Waals surface area contributed by atoms with Crippen LogP contribution < -0.4 is 14.4 Å². The van der Waals surface area contributed by atoms with Crippen molar-refractivity contribution in [3.8, 4) is 5.75 Å². The lowest BCUT2D eigenvalue weighted by Gasteiger charge is -2.34. The summed E-state index contributed by atoms with van der Waals surface area (Å²) in [4.78, 5) is 29.8. The molecule has 2 amide bonds. The fraction of sp³-hybridized carbons (Fsp3) is 0.278. The number of hydrogen-bond donors (Lipinski definition) is 1. The Labute approximate surface area is 277 Å². The second-order valence-corrected chi connectivity index (χ2v) is 13.4. The highest BCUT2D eigenvalue weighted by Gasteiger charge is 2.34. The van der Waals surface area contributed by atoms with Crippen LogP contribution in [0.5, 0.6) is 5.75 Å². The molecule has 0 aliphatic carbocycles. The van der Waals surface area contributed by atoms with E-state index in [9.17, 15) is 18.0 Å². The second-order valence-electron chi connectivity index (χ2n) is 11.1. The van der Waals surface area contributed by atoms with Gasteiger partial charge >= 0.3 is 0 Å². The largest absolute Gasteiger partial charge is 0.495 e. The number of aryl methyl sites for hydroxylation is 2. The number of sulfonamides is 1. The first kappa shape index (κ1) is 34.5. The molecule has 46 heavy (non-hydrogen) atoms. The van der Waals surface area contributed by atoms with E-state index >= 15 is 0 Å². The Hall–Kier alpha value is -4.34. The summed E-state index contributed by atoms with van der Waals surface area (Å²) in [7, 11) is -2.78. The molecular weight excluding hydrogens is 622 g/mol. The van der Waals surface area contributed by atoms with Crippen molar-refractivity contribution < 1.29 is 22.7 Å². The Kier molecular flexibility index (Phi) is 11.8. The van der Waals surface area contributed by atoms with E-state index in [4.69, 9.17) is 16.3 Å². The monoisotopic (exact) mass is 661 g/mol. The fourth-order valence-electron chi connectivity index (χ4n) is 4.99. The van der Waals surface area contributed by atoms with E-state index in [-0.39, 0.29) is 34.5 Å². The Morgan fingerprint density at radius 1 is 0.870 bits per heavy atom. The number of carbonyl (C=O) groups excluding carboxylic acids is 2. The summed E-state index contributed by atoms with van der Waals surface area (Å²) < 4.78 is 34.7. The van der Waals surface area contributed by atoms with Gasteiger partial charge in [0.15, 0.2) is 0 Å². The molecule has 0 spiro atoms. The van der Waals surface area contributed by atoms with Gasteiger partial charge in [-0.05, 0) is 61.7 Å². The van der Waals surface area contributed by atoms with Gasteiger partial charge in [-0.1, -0.05) is 96.4 Å². The molecule has 0 saturated heterocycles. The lowest BCUT2D eigenvalue weighted by atomic mass is 10.0. The first-order valence-corrected chi connectivity index (χ1v) is 16.9. The molecule has 0 fully saturated rings. The van der Waals surface area contributed by atoms with Crippen molar-refractivity contribution in [1.82, 2.24) is 10.2 Å². The zero-order valence-corrected chi connectivity index (χ0v) is 28.1. The molecule has 4 aromatic rings. The second kappa shape index (κ2) is 15.8. The van der Waals surface area contributed by atoms with E-state index in [0.717, 1.165) is 33.0 Å². The van der Waals surface area contributed by atoms with Crippen LogP contribution in [0.25, 0.3) is 0 Å². The average Bonchev–Trinajstić information content (AvgIpc) is 3.05. The number of hydrogen-bond acceptors (Lipinski definition) is 5. The molecule has 0 unspecified atom stereocenters. The van der Waals surface area contributed by atoms with Gasteiger partial charge in [-0.2, -0.15) is 0 Å². The first-order valence-electron chi connectivity index (χ1n) is 15.1. The van der Waals surface area contributed by atoms with Gasteiger partial charge in [-0.15, -0.1) is 0 Å². The van der Waals surface area contributed by atoms with Crippen molar-refractivity contribution >= 4 is 39.1 Å². The first-order chi connectivity index (χ1) is 22.0. The van der Waals surface area contributed by atoms with Gasteiger partial charge in [0, 0.05) is 19.5 Å².